The highest BCUT2D eigenvalue weighted by atomic mass is 79.9. The van der Waals surface area contributed by atoms with Crippen molar-refractivity contribution in [3.63, 3.8) is 0 Å². The second-order valence-corrected chi connectivity index (χ2v) is 3.56. The number of imidazole rings is 1. The fourth-order valence-corrected chi connectivity index (χ4v) is 2.13. The van der Waals surface area contributed by atoms with Crippen LogP contribution in [0.2, 0.25) is 0 Å². The standard InChI is InChI=1S/C7H9BrN2S/c1-4-5-6(8)9-7(11-3)10(5)2/h4H,1H2,2-3H3. The quantitative estimate of drug-likeness (QED) is 0.730. The third-order valence-electron chi connectivity index (χ3n) is 1.43. The summed E-state index contributed by atoms with van der Waals surface area (Å²) in [4.78, 5) is 4.27. The lowest BCUT2D eigenvalue weighted by atomic mass is 10.5. The van der Waals surface area contributed by atoms with Gasteiger partial charge < -0.3 is 4.57 Å². The number of thioether (sulfide) groups is 1. The lowest BCUT2D eigenvalue weighted by Crippen LogP contribution is -1.91. The maximum Gasteiger partial charge on any atom is 0.169 e. The van der Waals surface area contributed by atoms with E-state index in [1.807, 2.05) is 17.9 Å². The van der Waals surface area contributed by atoms with Crippen LogP contribution in [0.1, 0.15) is 5.69 Å². The molecule has 0 aliphatic carbocycles. The summed E-state index contributed by atoms with van der Waals surface area (Å²) in [6.07, 6.45) is 3.79. The molecule has 4 heteroatoms. The fraction of sp³-hybridized carbons (Fsp3) is 0.286. The van der Waals surface area contributed by atoms with Gasteiger partial charge in [0.1, 0.15) is 4.60 Å². The summed E-state index contributed by atoms with van der Waals surface area (Å²) >= 11 is 4.97. The molecule has 1 aromatic heterocycles. The SMILES string of the molecule is C=Cc1c(Br)nc(SC)n1C. The van der Waals surface area contributed by atoms with Crippen molar-refractivity contribution in [1.82, 2.24) is 9.55 Å². The number of halogens is 1. The minimum absolute atomic E-state index is 0.861. The van der Waals surface area contributed by atoms with Gasteiger partial charge in [0, 0.05) is 7.05 Å². The van der Waals surface area contributed by atoms with Crippen molar-refractivity contribution in [2.24, 2.45) is 7.05 Å². The Morgan fingerprint density at radius 2 is 2.36 bits per heavy atom. The number of rotatable bonds is 2. The van der Waals surface area contributed by atoms with E-state index >= 15 is 0 Å². The molecule has 11 heavy (non-hydrogen) atoms. The Labute approximate surface area is 78.8 Å². The summed E-state index contributed by atoms with van der Waals surface area (Å²) in [7, 11) is 1.97. The Morgan fingerprint density at radius 1 is 1.73 bits per heavy atom. The second-order valence-electron chi connectivity index (χ2n) is 2.04. The van der Waals surface area contributed by atoms with Crippen molar-refractivity contribution < 1.29 is 0 Å². The van der Waals surface area contributed by atoms with Crippen LogP contribution in [0, 0.1) is 0 Å². The molecule has 0 fully saturated rings. The summed E-state index contributed by atoms with van der Waals surface area (Å²) in [6, 6.07) is 0. The van der Waals surface area contributed by atoms with Crippen LogP contribution in [0.3, 0.4) is 0 Å². The van der Waals surface area contributed by atoms with Gasteiger partial charge >= 0.3 is 0 Å². The van der Waals surface area contributed by atoms with E-state index < -0.39 is 0 Å². The largest absolute Gasteiger partial charge is 0.322 e. The topological polar surface area (TPSA) is 17.8 Å². The van der Waals surface area contributed by atoms with E-state index in [-0.39, 0.29) is 0 Å². The van der Waals surface area contributed by atoms with E-state index in [1.165, 1.54) is 0 Å². The first-order valence-corrected chi connectivity index (χ1v) is 5.11. The molecule has 1 aromatic rings. The van der Waals surface area contributed by atoms with Gasteiger partial charge in [0.25, 0.3) is 0 Å². The van der Waals surface area contributed by atoms with Gasteiger partial charge in [0.2, 0.25) is 0 Å². The van der Waals surface area contributed by atoms with Crippen LogP contribution in [-0.2, 0) is 7.05 Å². The zero-order chi connectivity index (χ0) is 8.43. The lowest BCUT2D eigenvalue weighted by Gasteiger charge is -1.97. The molecule has 0 aliphatic rings. The van der Waals surface area contributed by atoms with Crippen molar-refractivity contribution in [2.45, 2.75) is 5.16 Å². The molecule has 1 rings (SSSR count). The average molecular weight is 233 g/mol. The zero-order valence-electron chi connectivity index (χ0n) is 6.47. The highest BCUT2D eigenvalue weighted by Gasteiger charge is 2.07. The molecule has 1 heterocycles. The van der Waals surface area contributed by atoms with E-state index in [0.717, 1.165) is 15.5 Å². The van der Waals surface area contributed by atoms with Crippen molar-refractivity contribution >= 4 is 33.8 Å². The lowest BCUT2D eigenvalue weighted by molar-refractivity contribution is 0.784. The molecule has 0 aromatic carbocycles. The second kappa shape index (κ2) is 3.45. The number of aromatic nitrogens is 2. The molecular weight excluding hydrogens is 224 g/mol. The Hall–Kier alpha value is -0.220. The van der Waals surface area contributed by atoms with Crippen molar-refractivity contribution in [1.29, 1.82) is 0 Å². The third-order valence-corrected chi connectivity index (χ3v) is 2.74. The van der Waals surface area contributed by atoms with E-state index in [4.69, 9.17) is 0 Å². The van der Waals surface area contributed by atoms with Crippen LogP contribution >= 0.6 is 27.7 Å². The van der Waals surface area contributed by atoms with Crippen LogP contribution in [0.15, 0.2) is 16.3 Å². The van der Waals surface area contributed by atoms with Gasteiger partial charge in [-0.25, -0.2) is 4.98 Å². The molecule has 0 unspecified atom stereocenters. The first-order chi connectivity index (χ1) is 5.20. The predicted octanol–water partition coefficient (Wildman–Crippen LogP) is 2.55. The summed E-state index contributed by atoms with van der Waals surface area (Å²) in [5.74, 6) is 0. The first-order valence-electron chi connectivity index (χ1n) is 3.09. The minimum atomic E-state index is 0.861. The molecular formula is C7H9BrN2S. The Kier molecular flexibility index (Phi) is 2.78. The van der Waals surface area contributed by atoms with Gasteiger partial charge in [0.05, 0.1) is 5.69 Å². The highest BCUT2D eigenvalue weighted by molar-refractivity contribution is 9.10. The van der Waals surface area contributed by atoms with Gasteiger partial charge in [0.15, 0.2) is 5.16 Å². The van der Waals surface area contributed by atoms with Crippen LogP contribution in [0.5, 0.6) is 0 Å². The van der Waals surface area contributed by atoms with Crippen LogP contribution in [0.4, 0.5) is 0 Å². The molecule has 60 valence electrons. The van der Waals surface area contributed by atoms with Crippen LogP contribution < -0.4 is 0 Å². The van der Waals surface area contributed by atoms with Crippen molar-refractivity contribution in [3.8, 4) is 0 Å². The molecule has 0 radical (unpaired) electrons. The molecule has 0 N–H and O–H groups in total. The van der Waals surface area contributed by atoms with Gasteiger partial charge in [-0.1, -0.05) is 18.3 Å². The monoisotopic (exact) mass is 232 g/mol. The van der Waals surface area contributed by atoms with Crippen molar-refractivity contribution in [2.75, 3.05) is 6.26 Å². The van der Waals surface area contributed by atoms with E-state index in [1.54, 1.807) is 17.8 Å². The summed E-state index contributed by atoms with van der Waals surface area (Å²) in [5, 5.41) is 0.992. The third kappa shape index (κ3) is 1.51. The summed E-state index contributed by atoms with van der Waals surface area (Å²) in [6.45, 7) is 3.70. The number of hydrogen-bond donors (Lipinski definition) is 0. The normalized spacial score (nSPS) is 10.1. The maximum absolute atomic E-state index is 4.27. The van der Waals surface area contributed by atoms with Gasteiger partial charge in [-0.05, 0) is 28.3 Å². The molecule has 0 atom stereocenters. The fourth-order valence-electron chi connectivity index (χ4n) is 0.861. The smallest absolute Gasteiger partial charge is 0.169 e. The van der Waals surface area contributed by atoms with E-state index in [2.05, 4.69) is 27.5 Å². The maximum atomic E-state index is 4.27. The molecule has 0 bridgehead atoms. The zero-order valence-corrected chi connectivity index (χ0v) is 8.87. The molecule has 0 amide bonds. The number of hydrogen-bond acceptors (Lipinski definition) is 2. The van der Waals surface area contributed by atoms with E-state index in [9.17, 15) is 0 Å². The molecule has 0 spiro atoms. The first kappa shape index (κ1) is 8.87. The van der Waals surface area contributed by atoms with Crippen LogP contribution in [0.25, 0.3) is 6.08 Å². The van der Waals surface area contributed by atoms with Gasteiger partial charge in [-0.2, -0.15) is 0 Å². The molecule has 0 saturated heterocycles. The van der Waals surface area contributed by atoms with Crippen molar-refractivity contribution in [3.05, 3.63) is 16.9 Å². The van der Waals surface area contributed by atoms with Crippen LogP contribution in [-0.4, -0.2) is 15.8 Å². The minimum Gasteiger partial charge on any atom is -0.322 e. The molecule has 0 saturated carbocycles. The Bertz CT molecular complexity index is 280. The summed E-state index contributed by atoms with van der Waals surface area (Å²) in [5.41, 5.74) is 1.02. The predicted molar refractivity (Wildman–Crippen MR) is 52.8 cm³/mol. The number of nitrogens with zero attached hydrogens (tertiary/aromatic N) is 2. The van der Waals surface area contributed by atoms with Gasteiger partial charge in [-0.15, -0.1) is 0 Å². The Morgan fingerprint density at radius 3 is 2.64 bits per heavy atom. The molecule has 2 nitrogen and oxygen atoms in total. The van der Waals surface area contributed by atoms with Gasteiger partial charge in [-0.3, -0.25) is 0 Å². The average Bonchev–Trinajstić information content (AvgIpc) is 2.26. The molecule has 0 aliphatic heterocycles. The highest BCUT2D eigenvalue weighted by Crippen LogP contribution is 2.22. The summed E-state index contributed by atoms with van der Waals surface area (Å²) < 4.78 is 2.86. The Balaban J connectivity index is 3.24. The van der Waals surface area contributed by atoms with E-state index in [0.29, 0.717) is 0 Å².